The molecule has 1 aliphatic rings. The number of carboxylic acids is 2. The number of H-pyrrole nitrogens is 1. The molecule has 112 heavy (non-hydrogen) atoms. The molecule has 16 heteroatoms. The number of nitrogens with one attached hydrogen (secondary N) is 1. The molecule has 0 aliphatic carbocycles. The Bertz CT molecular complexity index is 3300. The van der Waals surface area contributed by atoms with Crippen LogP contribution >= 0.6 is 0 Å². The number of nitrogens with zero attached hydrogens (tertiary/aromatic N) is 1. The highest BCUT2D eigenvalue weighted by atomic mass is 16.6. The Labute approximate surface area is 675 Å². The number of aromatic amines is 1. The summed E-state index contributed by atoms with van der Waals surface area (Å²) in [6.45, 7) is 8.85. The van der Waals surface area contributed by atoms with E-state index < -0.39 is 78.0 Å². The minimum Gasteiger partial charge on any atom is -0.497 e. The average molecular weight is 1560 g/mol. The van der Waals surface area contributed by atoms with Gasteiger partial charge in [0, 0.05) is 18.2 Å². The van der Waals surface area contributed by atoms with Crippen molar-refractivity contribution in [1.29, 1.82) is 0 Å². The summed E-state index contributed by atoms with van der Waals surface area (Å²) in [5, 5.41) is 37.7. The van der Waals surface area contributed by atoms with Crippen molar-refractivity contribution in [2.45, 2.75) is 379 Å². The molecular weight excluding hydrogens is 1410 g/mol. The molecule has 2 heterocycles. The van der Waals surface area contributed by atoms with E-state index in [1.807, 2.05) is 78.9 Å². The number of aliphatic carboxylic acids is 2. The monoisotopic (exact) mass is 1560 g/mol. The first kappa shape index (κ1) is 94.2. The van der Waals surface area contributed by atoms with E-state index in [2.05, 4.69) is 25.8 Å². The van der Waals surface area contributed by atoms with Crippen molar-refractivity contribution in [2.24, 2.45) is 5.41 Å². The van der Waals surface area contributed by atoms with Crippen molar-refractivity contribution in [3.8, 4) is 28.7 Å². The van der Waals surface area contributed by atoms with Crippen LogP contribution < -0.4 is 34.9 Å². The van der Waals surface area contributed by atoms with Crippen molar-refractivity contribution >= 4 is 11.9 Å². The largest absolute Gasteiger partial charge is 0.497 e. The molecule has 1 aromatic heterocycles. The van der Waals surface area contributed by atoms with Gasteiger partial charge >= 0.3 is 17.6 Å². The Kier molecular flexibility index (Phi) is 47.0. The number of benzene rings is 4. The van der Waals surface area contributed by atoms with E-state index in [1.54, 1.807) is 26.4 Å². The van der Waals surface area contributed by atoms with Crippen molar-refractivity contribution in [3.63, 3.8) is 0 Å². The second-order valence-electron chi connectivity index (χ2n) is 32.5. The van der Waals surface area contributed by atoms with Crippen molar-refractivity contribution < 1.29 is 58.1 Å². The van der Waals surface area contributed by atoms with Gasteiger partial charge in [0.1, 0.15) is 40.4 Å². The Balaban J connectivity index is 1.32. The fraction of sp³-hybridized carbons (Fsp3) is 0.688. The van der Waals surface area contributed by atoms with Crippen LogP contribution in [0.4, 0.5) is 0 Å². The van der Waals surface area contributed by atoms with Crippen LogP contribution in [0.3, 0.4) is 0 Å². The maximum Gasteiger partial charge on any atom is 0.330 e. The summed E-state index contributed by atoms with van der Waals surface area (Å²) in [4.78, 5) is 58.3. The van der Waals surface area contributed by atoms with E-state index >= 15 is 4.79 Å². The van der Waals surface area contributed by atoms with Crippen LogP contribution in [0.2, 0.25) is 0 Å². The molecule has 0 bridgehead atoms. The smallest absolute Gasteiger partial charge is 0.330 e. The number of rotatable bonds is 69. The van der Waals surface area contributed by atoms with E-state index in [9.17, 15) is 29.7 Å². The van der Waals surface area contributed by atoms with Crippen LogP contribution in [0.1, 0.15) is 376 Å². The minimum absolute atomic E-state index is 0.153. The predicted molar refractivity (Wildman–Crippen MR) is 455 cm³/mol. The first-order valence-electron chi connectivity index (χ1n) is 44.9. The third-order valence-corrected chi connectivity index (χ3v) is 23.5. The van der Waals surface area contributed by atoms with Gasteiger partial charge in [-0.15, -0.1) is 0 Å². The van der Waals surface area contributed by atoms with Crippen molar-refractivity contribution in [3.05, 3.63) is 146 Å². The quantitative estimate of drug-likeness (QED) is 0.0211. The van der Waals surface area contributed by atoms with Crippen LogP contribution in [0.15, 0.2) is 107 Å². The van der Waals surface area contributed by atoms with Crippen LogP contribution in [0.5, 0.6) is 28.7 Å². The van der Waals surface area contributed by atoms with Gasteiger partial charge in [0.2, 0.25) is 5.75 Å². The molecule has 1 fully saturated rings. The second-order valence-corrected chi connectivity index (χ2v) is 32.5. The summed E-state index contributed by atoms with van der Waals surface area (Å²) >= 11 is 0. The van der Waals surface area contributed by atoms with Gasteiger partial charge in [-0.1, -0.05) is 364 Å². The van der Waals surface area contributed by atoms with Gasteiger partial charge in [0.25, 0.3) is 5.56 Å². The molecule has 1 aliphatic heterocycles. The first-order valence-corrected chi connectivity index (χ1v) is 44.9. The first-order chi connectivity index (χ1) is 54.7. The molecule has 16 nitrogen and oxygen atoms in total. The maximum absolute atomic E-state index is 15.1. The Morgan fingerprint density at radius 2 is 0.821 bits per heavy atom. The van der Waals surface area contributed by atoms with E-state index in [1.165, 1.54) is 251 Å². The third-order valence-electron chi connectivity index (χ3n) is 23.5. The van der Waals surface area contributed by atoms with Crippen LogP contribution in [-0.4, -0.2) is 89.2 Å². The molecule has 0 radical (unpaired) electrons. The molecule has 0 amide bonds. The zero-order valence-corrected chi connectivity index (χ0v) is 70.6. The summed E-state index contributed by atoms with van der Waals surface area (Å²) in [5.41, 5.74) is -5.91. The fourth-order valence-corrected chi connectivity index (χ4v) is 16.6. The number of carbonyl (C=O) groups is 2. The molecule has 0 saturated carbocycles. The normalized spacial score (nSPS) is 15.5. The minimum atomic E-state index is -2.65. The molecule has 4 aromatic carbocycles. The van der Waals surface area contributed by atoms with E-state index in [0.29, 0.717) is 70.8 Å². The molecule has 0 spiro atoms. The summed E-state index contributed by atoms with van der Waals surface area (Å²) in [5.74, 6) is -0.849. The Morgan fingerprint density at radius 3 is 1.16 bits per heavy atom. The van der Waals surface area contributed by atoms with Gasteiger partial charge in [0.05, 0.1) is 47.1 Å². The molecule has 4 atom stereocenters. The molecule has 4 N–H and O–H groups in total. The van der Waals surface area contributed by atoms with Gasteiger partial charge in [-0.05, 0) is 91.3 Å². The number of hydrogen-bond donors (Lipinski definition) is 4. The zero-order chi connectivity index (χ0) is 80.2. The van der Waals surface area contributed by atoms with Crippen LogP contribution in [-0.2, 0) is 31.1 Å². The lowest BCUT2D eigenvalue weighted by Gasteiger charge is -2.45. The fourth-order valence-electron chi connectivity index (χ4n) is 16.6. The number of carboxylic acid groups (broad SMARTS) is 2. The highest BCUT2D eigenvalue weighted by Gasteiger charge is 2.66. The lowest BCUT2D eigenvalue weighted by Crippen LogP contribution is -2.61. The van der Waals surface area contributed by atoms with Gasteiger partial charge < -0.3 is 48.5 Å². The van der Waals surface area contributed by atoms with Gasteiger partial charge in [0.15, 0.2) is 11.5 Å². The van der Waals surface area contributed by atoms with Crippen molar-refractivity contribution in [2.75, 3.05) is 40.6 Å². The SMILES string of the molecule is CCCCCCCCCCCCCCCCCCOc1cc(CC(CC(=O)O)(C(=O)O)[C@]2(O)C[C@H](n3cc(C)c(=O)[nH]c3=O)O[C@@H]2COC(c2ccccc2)(c2ccc(OC)cc2)c2ccc(OC)cc2)cc(OCCCCCCCCCCCCCCCCCC)c1OCCCCCCCCCCCCCCCCCC. The lowest BCUT2D eigenvalue weighted by atomic mass is 9.62. The summed E-state index contributed by atoms with van der Waals surface area (Å²) in [6.07, 6.45) is 55.2. The van der Waals surface area contributed by atoms with Gasteiger partial charge in [-0.3, -0.25) is 23.9 Å². The highest BCUT2D eigenvalue weighted by Crippen LogP contribution is 2.54. The molecule has 1 saturated heterocycles. The highest BCUT2D eigenvalue weighted by molar-refractivity contribution is 5.84. The van der Waals surface area contributed by atoms with E-state index in [0.717, 1.165) is 75.2 Å². The number of aryl methyl sites for hydroxylation is 1. The molecule has 6 rings (SSSR count). The topological polar surface area (TPSA) is 214 Å². The second kappa shape index (κ2) is 55.8. The molecule has 628 valence electrons. The van der Waals surface area contributed by atoms with Crippen molar-refractivity contribution in [1.82, 2.24) is 9.55 Å². The zero-order valence-electron chi connectivity index (χ0n) is 70.6. The van der Waals surface area contributed by atoms with Crippen LogP contribution in [0, 0.1) is 12.3 Å². The van der Waals surface area contributed by atoms with E-state index in [-0.39, 0.29) is 5.56 Å². The molecule has 1 unspecified atom stereocenters. The summed E-state index contributed by atoms with van der Waals surface area (Å²) in [6, 6.07) is 27.6. The van der Waals surface area contributed by atoms with Gasteiger partial charge in [-0.2, -0.15) is 0 Å². The number of aromatic nitrogens is 2. The van der Waals surface area contributed by atoms with E-state index in [4.69, 9.17) is 33.2 Å². The number of hydrogen-bond acceptors (Lipinski definition) is 12. The molecular formula is C96H150N2O14. The number of aliphatic hydroxyl groups is 1. The number of unbranched alkanes of at least 4 members (excludes halogenated alkanes) is 45. The summed E-state index contributed by atoms with van der Waals surface area (Å²) in [7, 11) is 3.15. The summed E-state index contributed by atoms with van der Waals surface area (Å²) < 4.78 is 47.3. The third kappa shape index (κ3) is 32.6. The Morgan fingerprint density at radius 1 is 0.482 bits per heavy atom. The Hall–Kier alpha value is -6.62. The lowest BCUT2D eigenvalue weighted by molar-refractivity contribution is -0.194. The predicted octanol–water partition coefficient (Wildman–Crippen LogP) is 24.6. The number of ether oxygens (including phenoxy) is 7. The standard InChI is InChI=1S/C96H150N2O14/c1-7-10-13-16-19-22-25-28-31-34-37-40-43-46-49-55-68-108-85-71-79(72-86(109-69-56-50-47-44-41-38-35-32-29-26-23-20-17-14-11-8-2)90(85)110-70-57-51-48-45-42-39-36-33-30-27-24-21-18-15-12-9-3)73-94(92(102)103,75-89(99)100)95(105)74-88(98-76-78(4)91(101)97-93(98)104)112-87(95)77-111-96(80-58-53-52-54-59-80,81-60-64-83(106-5)65-61-81)82-62-66-84(107-6)67-63-82/h52-54,58-67,71-72,76,87-88,105H,7-51,55-57,68-70,73-75,77H2,1-6H3,(H,99,100)(H,102,103)(H,97,101,104)/t87-,88-,94?,95+/m1/s1. The molecule has 5 aromatic rings. The van der Waals surface area contributed by atoms with Crippen LogP contribution in [0.25, 0.3) is 0 Å². The van der Waals surface area contributed by atoms with Gasteiger partial charge in [-0.25, -0.2) is 4.79 Å². The number of methoxy groups -OCH3 is 2. The average Bonchev–Trinajstić information content (AvgIpc) is 1.52. The maximum atomic E-state index is 15.1.